The first-order chi connectivity index (χ1) is 17.4. The molecule has 4 heterocycles. The van der Waals surface area contributed by atoms with Gasteiger partial charge in [0.2, 0.25) is 0 Å². The Morgan fingerprint density at radius 1 is 1.22 bits per heavy atom. The summed E-state index contributed by atoms with van der Waals surface area (Å²) in [5, 5.41) is 18.6. The maximum Gasteiger partial charge on any atom is 0.274 e. The molecule has 0 aliphatic carbocycles. The smallest absolute Gasteiger partial charge is 0.274 e. The van der Waals surface area contributed by atoms with Gasteiger partial charge in [0.25, 0.3) is 5.91 Å². The summed E-state index contributed by atoms with van der Waals surface area (Å²) >= 11 is 2.18. The van der Waals surface area contributed by atoms with Crippen LogP contribution in [0, 0.1) is 21.8 Å². The molecule has 2 fully saturated rings. The first-order valence-electron chi connectivity index (χ1n) is 12.1. The molecule has 9 heteroatoms. The van der Waals surface area contributed by atoms with Crippen LogP contribution in [-0.2, 0) is 7.05 Å². The highest BCUT2D eigenvalue weighted by molar-refractivity contribution is 14.1. The number of imidazole rings is 1. The van der Waals surface area contributed by atoms with Crippen LogP contribution < -0.4 is 5.32 Å². The lowest BCUT2D eigenvalue weighted by molar-refractivity contribution is 0.0775. The molecule has 0 radical (unpaired) electrons. The molecule has 1 spiro atoms. The van der Waals surface area contributed by atoms with Gasteiger partial charge in [-0.25, -0.2) is 4.98 Å². The zero-order valence-corrected chi connectivity index (χ0v) is 22.4. The quantitative estimate of drug-likeness (QED) is 0.361. The lowest BCUT2D eigenvalue weighted by Crippen LogP contribution is -2.43. The molecule has 2 aliphatic rings. The number of benzene rings is 2. The zero-order valence-electron chi connectivity index (χ0n) is 20.3. The Bertz CT molecular complexity index is 1550. The molecule has 6 rings (SSSR count). The van der Waals surface area contributed by atoms with Gasteiger partial charge in [-0.05, 0) is 91.7 Å². The number of hydrogen-bond acceptors (Lipinski definition) is 5. The van der Waals surface area contributed by atoms with E-state index in [1.54, 1.807) is 4.68 Å². The lowest BCUT2D eigenvalue weighted by atomic mass is 9.97. The highest BCUT2D eigenvalue weighted by Gasteiger charge is 2.42. The van der Waals surface area contributed by atoms with Gasteiger partial charge in [0, 0.05) is 52.1 Å². The van der Waals surface area contributed by atoms with Gasteiger partial charge in [-0.3, -0.25) is 14.0 Å². The molecule has 2 saturated heterocycles. The van der Waals surface area contributed by atoms with Gasteiger partial charge >= 0.3 is 0 Å². The minimum absolute atomic E-state index is 0.0242. The van der Waals surface area contributed by atoms with Crippen molar-refractivity contribution in [1.29, 1.82) is 5.26 Å². The Morgan fingerprint density at radius 3 is 2.83 bits per heavy atom. The second kappa shape index (κ2) is 8.71. The van der Waals surface area contributed by atoms with Crippen LogP contribution in [0.2, 0.25) is 0 Å². The highest BCUT2D eigenvalue weighted by Crippen LogP contribution is 2.33. The largest absolute Gasteiger partial charge is 0.335 e. The fraction of sp³-hybridized carbons (Fsp3) is 0.333. The van der Waals surface area contributed by atoms with Gasteiger partial charge in [-0.15, -0.1) is 0 Å². The molecule has 2 aliphatic heterocycles. The van der Waals surface area contributed by atoms with Crippen LogP contribution in [0.5, 0.6) is 0 Å². The number of likely N-dealkylation sites (tertiary alicyclic amines) is 1. The number of aryl methyl sites for hydroxylation is 1. The highest BCUT2D eigenvalue weighted by atomic mass is 127. The van der Waals surface area contributed by atoms with Crippen LogP contribution >= 0.6 is 22.6 Å². The molecule has 2 aromatic carbocycles. The van der Waals surface area contributed by atoms with E-state index in [0.717, 1.165) is 70.3 Å². The Balaban J connectivity index is 1.47. The summed E-state index contributed by atoms with van der Waals surface area (Å²) in [7, 11) is 1.91. The van der Waals surface area contributed by atoms with Crippen LogP contribution in [0.4, 0.5) is 0 Å². The number of nitriles is 1. The van der Waals surface area contributed by atoms with Crippen LogP contribution in [0.1, 0.15) is 41.0 Å². The zero-order chi connectivity index (χ0) is 25.0. The molecule has 1 amide bonds. The third kappa shape index (κ3) is 3.79. The number of nitrogens with zero attached hydrogens (tertiary/aromatic N) is 6. The molecular weight excluding hydrogens is 565 g/mol. The van der Waals surface area contributed by atoms with Gasteiger partial charge in [0.05, 0.1) is 16.8 Å². The van der Waals surface area contributed by atoms with Gasteiger partial charge in [-0.1, -0.05) is 0 Å². The van der Waals surface area contributed by atoms with E-state index >= 15 is 0 Å². The number of aromatic nitrogens is 4. The van der Waals surface area contributed by atoms with Gasteiger partial charge in [-0.2, -0.15) is 10.4 Å². The van der Waals surface area contributed by atoms with E-state index < -0.39 is 0 Å². The maximum atomic E-state index is 13.8. The number of rotatable bonds is 3. The number of hydrogen-bond donors (Lipinski definition) is 1. The third-order valence-electron chi connectivity index (χ3n) is 7.49. The topological polar surface area (TPSA) is 91.8 Å². The normalized spacial score (nSPS) is 19.4. The van der Waals surface area contributed by atoms with Crippen molar-refractivity contribution in [1.82, 2.24) is 29.5 Å². The molecule has 2 aromatic heterocycles. The molecular formula is C27H26IN7O. The summed E-state index contributed by atoms with van der Waals surface area (Å²) in [6, 6.07) is 14.0. The summed E-state index contributed by atoms with van der Waals surface area (Å²) in [4.78, 5) is 20.7. The van der Waals surface area contributed by atoms with Crippen molar-refractivity contribution < 1.29 is 4.79 Å². The first-order valence-corrected chi connectivity index (χ1v) is 13.2. The van der Waals surface area contributed by atoms with Crippen LogP contribution in [-0.4, -0.2) is 55.3 Å². The monoisotopic (exact) mass is 591 g/mol. The molecule has 8 nitrogen and oxygen atoms in total. The van der Waals surface area contributed by atoms with Crippen molar-refractivity contribution in [3.8, 4) is 23.1 Å². The standard InChI is InChI=1S/C27H26IN7O/c1-17-24(26(36)34-11-9-27(16-34)8-3-10-30-27)31-25(18-4-5-19(14-29)22(28)13-18)35(17)21-6-7-23-20(12-21)15-33(2)32-23/h4-7,12-13,15,30H,3,8-11,16H2,1-2H3. The molecule has 36 heavy (non-hydrogen) atoms. The molecule has 182 valence electrons. The van der Waals surface area contributed by atoms with Crippen molar-refractivity contribution in [3.05, 3.63) is 63.1 Å². The second-order valence-corrected chi connectivity index (χ2v) is 11.0. The number of carbonyl (C=O) groups excluding carboxylic acids is 1. The van der Waals surface area contributed by atoms with Crippen molar-refractivity contribution in [2.45, 2.75) is 31.7 Å². The average Bonchev–Trinajstić information content (AvgIpc) is 3.65. The molecule has 4 aromatic rings. The number of carbonyl (C=O) groups is 1. The Kier molecular flexibility index (Phi) is 5.61. The van der Waals surface area contributed by atoms with Gasteiger partial charge < -0.3 is 10.2 Å². The molecule has 1 atom stereocenters. The molecule has 1 unspecified atom stereocenters. The van der Waals surface area contributed by atoms with E-state index in [0.29, 0.717) is 17.1 Å². The number of fused-ring (bicyclic) bond motifs is 1. The van der Waals surface area contributed by atoms with E-state index in [4.69, 9.17) is 4.98 Å². The number of nitrogens with one attached hydrogen (secondary N) is 1. The molecule has 1 N–H and O–H groups in total. The first kappa shape index (κ1) is 23.2. The SMILES string of the molecule is Cc1c(C(=O)N2CCC3(CCCN3)C2)nc(-c2ccc(C#N)c(I)c2)n1-c1ccc2nn(C)cc2c1. The summed E-state index contributed by atoms with van der Waals surface area (Å²) in [5.41, 5.74) is 4.66. The van der Waals surface area contributed by atoms with E-state index in [1.165, 1.54) is 0 Å². The minimum atomic E-state index is -0.0242. The van der Waals surface area contributed by atoms with E-state index in [2.05, 4.69) is 49.7 Å². The van der Waals surface area contributed by atoms with Gasteiger partial charge in [0.15, 0.2) is 0 Å². The van der Waals surface area contributed by atoms with E-state index in [1.807, 2.05) is 55.4 Å². The van der Waals surface area contributed by atoms with Crippen molar-refractivity contribution in [3.63, 3.8) is 0 Å². The Labute approximate surface area is 223 Å². The number of halogens is 1. The lowest BCUT2D eigenvalue weighted by Gasteiger charge is -2.24. The summed E-state index contributed by atoms with van der Waals surface area (Å²) in [6.07, 6.45) is 5.24. The van der Waals surface area contributed by atoms with E-state index in [9.17, 15) is 10.1 Å². The van der Waals surface area contributed by atoms with Crippen LogP contribution in [0.3, 0.4) is 0 Å². The summed E-state index contributed by atoms with van der Waals surface area (Å²) in [5.74, 6) is 0.665. The second-order valence-electron chi connectivity index (χ2n) is 9.84. The fourth-order valence-corrected chi connectivity index (χ4v) is 6.28. The number of amides is 1. The Hall–Kier alpha value is -3.23. The minimum Gasteiger partial charge on any atom is -0.335 e. The third-order valence-corrected chi connectivity index (χ3v) is 8.38. The maximum absolute atomic E-state index is 13.8. The van der Waals surface area contributed by atoms with Crippen molar-refractivity contribution in [2.75, 3.05) is 19.6 Å². The van der Waals surface area contributed by atoms with Crippen molar-refractivity contribution in [2.24, 2.45) is 7.05 Å². The predicted molar refractivity (Wildman–Crippen MR) is 146 cm³/mol. The summed E-state index contributed by atoms with van der Waals surface area (Å²) < 4.78 is 4.70. The Morgan fingerprint density at radius 2 is 2.08 bits per heavy atom. The van der Waals surface area contributed by atoms with Crippen LogP contribution in [0.15, 0.2) is 42.6 Å². The summed E-state index contributed by atoms with van der Waals surface area (Å²) in [6.45, 7) is 4.45. The fourth-order valence-electron chi connectivity index (χ4n) is 5.65. The van der Waals surface area contributed by atoms with Crippen molar-refractivity contribution >= 4 is 39.4 Å². The molecule has 0 saturated carbocycles. The molecule has 0 bridgehead atoms. The average molecular weight is 591 g/mol. The van der Waals surface area contributed by atoms with E-state index in [-0.39, 0.29) is 11.4 Å². The van der Waals surface area contributed by atoms with Gasteiger partial charge in [0.1, 0.15) is 17.6 Å². The van der Waals surface area contributed by atoms with Crippen LogP contribution in [0.25, 0.3) is 28.0 Å². The predicted octanol–water partition coefficient (Wildman–Crippen LogP) is 4.18.